The number of hydrogen-bond donors (Lipinski definition) is 0. The molecule has 5 heteroatoms. The van der Waals surface area contributed by atoms with Crippen LogP contribution in [0.1, 0.15) is 12.8 Å². The van der Waals surface area contributed by atoms with Crippen molar-refractivity contribution in [2.75, 3.05) is 0 Å². The first-order valence-electron chi connectivity index (χ1n) is 5.14. The Morgan fingerprint density at radius 2 is 1.33 bits per heavy atom. The van der Waals surface area contributed by atoms with Gasteiger partial charge in [-0.25, -0.2) is 0 Å². The van der Waals surface area contributed by atoms with Crippen molar-refractivity contribution in [3.8, 4) is 0 Å². The van der Waals surface area contributed by atoms with E-state index in [-0.39, 0.29) is 24.8 Å². The molecular formula is C10H16Cl2HfSi2. The first kappa shape index (κ1) is 13.9. The van der Waals surface area contributed by atoms with Gasteiger partial charge in [0, 0.05) is 0 Å². The van der Waals surface area contributed by atoms with Gasteiger partial charge in [0.15, 0.2) is 0 Å². The molecule has 15 heavy (non-hydrogen) atoms. The maximum Gasteiger partial charge on any atom is -0.147 e. The van der Waals surface area contributed by atoms with Crippen LogP contribution in [0.5, 0.6) is 0 Å². The third-order valence-electron chi connectivity index (χ3n) is 3.52. The SMILES string of the molecule is C1=CC[C]([Hf]2([C]3=CC=CC3)[SiH2][SiH2]2)=C1.Cl.Cl. The van der Waals surface area contributed by atoms with Crippen LogP contribution < -0.4 is 0 Å². The minimum absolute atomic E-state index is 0. The van der Waals surface area contributed by atoms with E-state index in [4.69, 9.17) is 0 Å². The van der Waals surface area contributed by atoms with Gasteiger partial charge in [0.2, 0.25) is 0 Å². The van der Waals surface area contributed by atoms with Gasteiger partial charge in [0.1, 0.15) is 0 Å². The van der Waals surface area contributed by atoms with Crippen molar-refractivity contribution in [3.05, 3.63) is 43.1 Å². The van der Waals surface area contributed by atoms with E-state index in [0.717, 1.165) is 0 Å². The van der Waals surface area contributed by atoms with E-state index in [1.807, 2.05) is 6.66 Å². The Bertz CT molecular complexity index is 336. The third-order valence-corrected chi connectivity index (χ3v) is 84.4. The molecule has 3 rings (SSSR count). The number of allylic oxidation sites excluding steroid dienone is 8. The average molecular weight is 442 g/mol. The molecule has 0 bridgehead atoms. The molecule has 0 aromatic heterocycles. The second-order valence-corrected chi connectivity index (χ2v) is 80.9. The number of halogens is 2. The average Bonchev–Trinajstić information content (AvgIpc) is 2.68. The van der Waals surface area contributed by atoms with Crippen molar-refractivity contribution in [1.29, 1.82) is 0 Å². The van der Waals surface area contributed by atoms with E-state index in [1.165, 1.54) is 12.8 Å². The number of hydrogen-bond acceptors (Lipinski definition) is 0. The van der Waals surface area contributed by atoms with Crippen molar-refractivity contribution >= 4 is 37.3 Å². The van der Waals surface area contributed by atoms with Crippen molar-refractivity contribution in [3.63, 3.8) is 0 Å². The van der Waals surface area contributed by atoms with Crippen LogP contribution in [0, 0.1) is 0 Å². The van der Waals surface area contributed by atoms with Crippen LogP contribution in [0.3, 0.4) is 0 Å². The summed E-state index contributed by atoms with van der Waals surface area (Å²) < 4.78 is 4.00. The van der Waals surface area contributed by atoms with E-state index in [0.29, 0.717) is 12.4 Å². The zero-order valence-electron chi connectivity index (χ0n) is 8.61. The summed E-state index contributed by atoms with van der Waals surface area (Å²) in [6, 6.07) is 0. The Kier molecular flexibility index (Phi) is 5.05. The fourth-order valence-electron chi connectivity index (χ4n) is 2.58. The molecule has 0 amide bonds. The van der Waals surface area contributed by atoms with Crippen LogP contribution in [-0.2, 0) is 18.3 Å². The van der Waals surface area contributed by atoms with Crippen molar-refractivity contribution < 1.29 is 18.3 Å². The summed E-state index contributed by atoms with van der Waals surface area (Å²) in [6.45, 7) is 0. The van der Waals surface area contributed by atoms with Gasteiger partial charge in [-0.2, -0.15) is 0 Å². The van der Waals surface area contributed by atoms with Crippen LogP contribution in [0.4, 0.5) is 0 Å². The third kappa shape index (κ3) is 2.41. The van der Waals surface area contributed by atoms with Crippen LogP contribution in [0.15, 0.2) is 43.1 Å². The first-order valence-corrected chi connectivity index (χ1v) is 29.4. The summed E-state index contributed by atoms with van der Waals surface area (Å²) in [7, 11) is 0. The van der Waals surface area contributed by atoms with Crippen LogP contribution in [0.25, 0.3) is 0 Å². The first-order chi connectivity index (χ1) is 6.42. The van der Waals surface area contributed by atoms with Gasteiger partial charge >= 0.3 is 86.7 Å². The maximum atomic E-state index is 2.49. The molecule has 0 spiro atoms. The Hall–Kier alpha value is 0.844. The quantitative estimate of drug-likeness (QED) is 0.573. The zero-order valence-corrected chi connectivity index (χ0v) is 16.7. The molecule has 0 saturated carbocycles. The second kappa shape index (κ2) is 5.45. The fourth-order valence-corrected chi connectivity index (χ4v) is 141. The van der Waals surface area contributed by atoms with Crippen molar-refractivity contribution in [2.45, 2.75) is 12.8 Å². The van der Waals surface area contributed by atoms with E-state index < -0.39 is 18.3 Å². The Morgan fingerprint density at radius 3 is 1.60 bits per heavy atom. The molecule has 2 aliphatic carbocycles. The van der Waals surface area contributed by atoms with Gasteiger partial charge in [-0.1, -0.05) is 0 Å². The van der Waals surface area contributed by atoms with E-state index in [1.54, 1.807) is 0 Å². The monoisotopic (exact) mass is 442 g/mol. The molecule has 1 fully saturated rings. The fraction of sp³-hybridized carbons (Fsp3) is 0.200. The zero-order chi connectivity index (χ0) is 8.73. The summed E-state index contributed by atoms with van der Waals surface area (Å²) in [6.07, 6.45) is 18.2. The molecule has 0 nitrogen and oxygen atoms in total. The Labute approximate surface area is 111 Å². The predicted octanol–water partition coefficient (Wildman–Crippen LogP) is 1.77. The largest absolute Gasteiger partial charge is 0.147 e. The van der Waals surface area contributed by atoms with Crippen LogP contribution in [0.2, 0.25) is 0 Å². The van der Waals surface area contributed by atoms with Gasteiger partial charge < -0.3 is 0 Å². The van der Waals surface area contributed by atoms with Gasteiger partial charge in [-0.05, 0) is 0 Å². The minimum atomic E-state index is -1.61. The molecule has 82 valence electrons. The summed E-state index contributed by atoms with van der Waals surface area (Å²) in [5, 5.41) is 0. The smallest absolute Gasteiger partial charge is 0.147 e. The molecule has 3 aliphatic rings. The molecule has 0 unspecified atom stereocenters. The van der Waals surface area contributed by atoms with Crippen molar-refractivity contribution in [2.24, 2.45) is 0 Å². The van der Waals surface area contributed by atoms with Gasteiger partial charge in [0.05, 0.1) is 0 Å². The van der Waals surface area contributed by atoms with Gasteiger partial charge in [0.25, 0.3) is 0 Å². The normalized spacial score (nSPS) is 27.2. The van der Waals surface area contributed by atoms with Gasteiger partial charge in [-0.15, -0.1) is 24.8 Å². The molecule has 1 aliphatic heterocycles. The molecular weight excluding hydrogens is 426 g/mol. The molecule has 0 aromatic carbocycles. The van der Waals surface area contributed by atoms with E-state index in [9.17, 15) is 0 Å². The maximum absolute atomic E-state index is 2.49. The standard InChI is InChI=1S/2C5H5.2ClH.Hf.H4Si2/c2*1-2-4-5-3-1;;;;1-2/h2*1-3H,4H2;2*1H;;1-2H2. The molecule has 1 saturated heterocycles. The predicted molar refractivity (Wildman–Crippen MR) is 75.3 cm³/mol. The Balaban J connectivity index is 0.000000562. The number of rotatable bonds is 2. The molecule has 0 aromatic rings. The molecule has 1 heterocycles. The minimum Gasteiger partial charge on any atom is -0.147 e. The van der Waals surface area contributed by atoms with Crippen LogP contribution in [-0.4, -0.2) is 12.4 Å². The second-order valence-electron chi connectivity index (χ2n) is 4.23. The van der Waals surface area contributed by atoms with E-state index in [2.05, 4.69) is 36.5 Å². The van der Waals surface area contributed by atoms with Crippen molar-refractivity contribution in [1.82, 2.24) is 0 Å². The summed E-state index contributed by atoms with van der Waals surface area (Å²) in [4.78, 5) is 0. The van der Waals surface area contributed by atoms with E-state index >= 15 is 0 Å². The summed E-state index contributed by atoms with van der Waals surface area (Å²) in [5.74, 6) is 0. The summed E-state index contributed by atoms with van der Waals surface area (Å²) >= 11 is -1.61. The van der Waals surface area contributed by atoms with Crippen LogP contribution >= 0.6 is 24.8 Å². The topological polar surface area (TPSA) is 0 Å². The van der Waals surface area contributed by atoms with Gasteiger partial charge in [-0.3, -0.25) is 0 Å². The molecule has 0 N–H and O–H groups in total. The molecule has 0 atom stereocenters. The molecule has 0 radical (unpaired) electrons. The Morgan fingerprint density at radius 1 is 0.867 bits per heavy atom. The summed E-state index contributed by atoms with van der Waals surface area (Å²) in [5.41, 5.74) is 0.